The third-order valence-electron chi connectivity index (χ3n) is 2.60. The summed E-state index contributed by atoms with van der Waals surface area (Å²) in [6, 6.07) is 5.77. The highest BCUT2D eigenvalue weighted by Crippen LogP contribution is 2.28. The van der Waals surface area contributed by atoms with E-state index >= 15 is 0 Å². The molecule has 0 aliphatic heterocycles. The second-order valence-corrected chi connectivity index (χ2v) is 4.16. The average molecular weight is 264 g/mol. The third-order valence-corrected chi connectivity index (χ3v) is 2.60. The molecule has 0 spiro atoms. The number of halogens is 2. The van der Waals surface area contributed by atoms with Crippen molar-refractivity contribution in [3.63, 3.8) is 0 Å². The first-order valence-corrected chi connectivity index (χ1v) is 5.88. The zero-order valence-electron chi connectivity index (χ0n) is 10.5. The summed E-state index contributed by atoms with van der Waals surface area (Å²) in [5.74, 6) is -1.63. The number of nitrogens with zero attached hydrogens (tertiary/aromatic N) is 1. The lowest BCUT2D eigenvalue weighted by molar-refractivity contribution is 0.405. The monoisotopic (exact) mass is 264 g/mol. The first kappa shape index (κ1) is 13.4. The van der Waals surface area contributed by atoms with Gasteiger partial charge in [-0.05, 0) is 49.7 Å². The number of hydrogen-bond acceptors (Lipinski definition) is 3. The molecule has 0 saturated carbocycles. The van der Waals surface area contributed by atoms with Crippen molar-refractivity contribution in [3.05, 3.63) is 53.4 Å². The average Bonchev–Trinajstić information content (AvgIpc) is 2.36. The summed E-state index contributed by atoms with van der Waals surface area (Å²) in [5, 5.41) is 0. The summed E-state index contributed by atoms with van der Waals surface area (Å²) < 4.78 is 32.7. The minimum atomic E-state index is -0.746. The van der Waals surface area contributed by atoms with E-state index < -0.39 is 17.4 Å². The fraction of sp³-hybridized carbons (Fsp3) is 0.214. The van der Waals surface area contributed by atoms with Crippen LogP contribution in [0.2, 0.25) is 0 Å². The van der Waals surface area contributed by atoms with Crippen molar-refractivity contribution in [2.75, 3.05) is 6.54 Å². The Hall–Kier alpha value is -2.01. The van der Waals surface area contributed by atoms with Crippen LogP contribution < -0.4 is 10.5 Å². The van der Waals surface area contributed by atoms with Gasteiger partial charge in [-0.2, -0.15) is 0 Å². The largest absolute Gasteiger partial charge is 0.450 e. The molecule has 0 amide bonds. The van der Waals surface area contributed by atoms with E-state index in [1.54, 1.807) is 12.1 Å². The number of nitrogens with two attached hydrogens (primary N) is 1. The number of hydrogen-bond donors (Lipinski definition) is 1. The van der Waals surface area contributed by atoms with Crippen LogP contribution in [0.4, 0.5) is 8.78 Å². The van der Waals surface area contributed by atoms with E-state index in [0.717, 1.165) is 5.69 Å². The zero-order chi connectivity index (χ0) is 13.8. The Morgan fingerprint density at radius 3 is 2.42 bits per heavy atom. The molecule has 0 unspecified atom stereocenters. The number of pyridine rings is 1. The number of aryl methyl sites for hydroxylation is 1. The van der Waals surface area contributed by atoms with E-state index in [4.69, 9.17) is 10.5 Å². The van der Waals surface area contributed by atoms with E-state index in [-0.39, 0.29) is 5.75 Å². The van der Waals surface area contributed by atoms with Crippen molar-refractivity contribution in [3.8, 4) is 11.5 Å². The molecule has 0 fully saturated rings. The SMILES string of the molecule is Cc1ccc(Oc2c(F)cc(CCN)cc2F)cn1. The fourth-order valence-corrected chi connectivity index (χ4v) is 1.65. The molecule has 0 atom stereocenters. The standard InChI is InChI=1S/C14H14F2N2O/c1-9-2-3-11(8-18-9)19-14-12(15)6-10(4-5-17)7-13(14)16/h2-3,6-8H,4-5,17H2,1H3. The molecule has 0 aliphatic rings. The van der Waals surface area contributed by atoms with Crippen LogP contribution >= 0.6 is 0 Å². The van der Waals surface area contributed by atoms with E-state index in [1.807, 2.05) is 6.92 Å². The van der Waals surface area contributed by atoms with E-state index in [9.17, 15) is 8.78 Å². The Kier molecular flexibility index (Phi) is 4.06. The fourth-order valence-electron chi connectivity index (χ4n) is 1.65. The van der Waals surface area contributed by atoms with Crippen LogP contribution in [0.15, 0.2) is 30.5 Å². The van der Waals surface area contributed by atoms with Crippen molar-refractivity contribution in [1.29, 1.82) is 0 Å². The Balaban J connectivity index is 2.27. The van der Waals surface area contributed by atoms with Crippen molar-refractivity contribution < 1.29 is 13.5 Å². The van der Waals surface area contributed by atoms with Crippen LogP contribution in [0.25, 0.3) is 0 Å². The molecule has 2 rings (SSSR count). The Bertz CT molecular complexity index is 547. The first-order chi connectivity index (χ1) is 9.10. The quantitative estimate of drug-likeness (QED) is 0.923. The molecule has 2 aromatic rings. The van der Waals surface area contributed by atoms with Crippen LogP contribution in [0.5, 0.6) is 11.5 Å². The van der Waals surface area contributed by atoms with Gasteiger partial charge in [-0.25, -0.2) is 8.78 Å². The van der Waals surface area contributed by atoms with Crippen LogP contribution in [0.3, 0.4) is 0 Å². The van der Waals surface area contributed by atoms with Crippen molar-refractivity contribution in [2.45, 2.75) is 13.3 Å². The molecular formula is C14H14F2N2O. The Labute approximate surface area is 110 Å². The highest BCUT2D eigenvalue weighted by molar-refractivity contribution is 5.35. The number of benzene rings is 1. The van der Waals surface area contributed by atoms with Crippen molar-refractivity contribution >= 4 is 0 Å². The molecule has 0 saturated heterocycles. The maximum Gasteiger partial charge on any atom is 0.198 e. The topological polar surface area (TPSA) is 48.1 Å². The molecule has 1 aromatic heterocycles. The smallest absolute Gasteiger partial charge is 0.198 e. The molecule has 100 valence electrons. The molecule has 1 aromatic carbocycles. The Morgan fingerprint density at radius 1 is 1.21 bits per heavy atom. The molecule has 2 N–H and O–H groups in total. The molecule has 0 radical (unpaired) electrons. The lowest BCUT2D eigenvalue weighted by Gasteiger charge is -2.09. The highest BCUT2D eigenvalue weighted by Gasteiger charge is 2.13. The van der Waals surface area contributed by atoms with E-state index in [0.29, 0.717) is 18.5 Å². The van der Waals surface area contributed by atoms with Gasteiger partial charge < -0.3 is 10.5 Å². The van der Waals surface area contributed by atoms with Gasteiger partial charge in [0.05, 0.1) is 6.20 Å². The van der Waals surface area contributed by atoms with E-state index in [2.05, 4.69) is 4.98 Å². The molecule has 5 heteroatoms. The first-order valence-electron chi connectivity index (χ1n) is 5.88. The maximum atomic E-state index is 13.8. The summed E-state index contributed by atoms with van der Waals surface area (Å²) in [6.45, 7) is 2.15. The summed E-state index contributed by atoms with van der Waals surface area (Å²) >= 11 is 0. The number of aromatic nitrogens is 1. The van der Waals surface area contributed by atoms with Gasteiger partial charge >= 0.3 is 0 Å². The van der Waals surface area contributed by atoms with Crippen molar-refractivity contribution in [1.82, 2.24) is 4.98 Å². The molecule has 0 bridgehead atoms. The van der Waals surface area contributed by atoms with Gasteiger partial charge in [0, 0.05) is 5.69 Å². The third kappa shape index (κ3) is 3.26. The highest BCUT2D eigenvalue weighted by atomic mass is 19.1. The maximum absolute atomic E-state index is 13.8. The molecule has 1 heterocycles. The van der Waals surface area contributed by atoms with Gasteiger partial charge in [-0.15, -0.1) is 0 Å². The van der Waals surface area contributed by atoms with E-state index in [1.165, 1.54) is 18.3 Å². The molecular weight excluding hydrogens is 250 g/mol. The lowest BCUT2D eigenvalue weighted by Crippen LogP contribution is -2.04. The molecule has 3 nitrogen and oxygen atoms in total. The van der Waals surface area contributed by atoms with Crippen LogP contribution in [0, 0.1) is 18.6 Å². The summed E-state index contributed by atoms with van der Waals surface area (Å²) in [6.07, 6.45) is 1.84. The van der Waals surface area contributed by atoms with Gasteiger partial charge in [-0.3, -0.25) is 4.98 Å². The van der Waals surface area contributed by atoms with Crippen LogP contribution in [0.1, 0.15) is 11.3 Å². The minimum Gasteiger partial charge on any atom is -0.450 e. The second kappa shape index (κ2) is 5.75. The minimum absolute atomic E-state index is 0.287. The van der Waals surface area contributed by atoms with Gasteiger partial charge in [0.2, 0.25) is 0 Å². The molecule has 0 aliphatic carbocycles. The predicted molar refractivity (Wildman–Crippen MR) is 68.2 cm³/mol. The number of rotatable bonds is 4. The normalized spacial score (nSPS) is 10.5. The Morgan fingerprint density at radius 2 is 1.89 bits per heavy atom. The molecule has 19 heavy (non-hydrogen) atoms. The summed E-state index contributed by atoms with van der Waals surface area (Å²) in [4.78, 5) is 4.00. The summed E-state index contributed by atoms with van der Waals surface area (Å²) in [5.41, 5.74) is 6.66. The second-order valence-electron chi connectivity index (χ2n) is 4.16. The zero-order valence-corrected chi connectivity index (χ0v) is 10.5. The number of ether oxygens (including phenoxy) is 1. The summed E-state index contributed by atoms with van der Waals surface area (Å²) in [7, 11) is 0. The van der Waals surface area contributed by atoms with Gasteiger partial charge in [0.1, 0.15) is 5.75 Å². The van der Waals surface area contributed by atoms with Crippen molar-refractivity contribution in [2.24, 2.45) is 5.73 Å². The van der Waals surface area contributed by atoms with Crippen LogP contribution in [-0.4, -0.2) is 11.5 Å². The van der Waals surface area contributed by atoms with Gasteiger partial charge in [0.25, 0.3) is 0 Å². The van der Waals surface area contributed by atoms with Gasteiger partial charge in [-0.1, -0.05) is 0 Å². The van der Waals surface area contributed by atoms with Crippen LogP contribution in [-0.2, 0) is 6.42 Å². The lowest BCUT2D eigenvalue weighted by atomic mass is 10.1. The van der Waals surface area contributed by atoms with Gasteiger partial charge in [0.15, 0.2) is 17.4 Å². The predicted octanol–water partition coefficient (Wildman–Crippen LogP) is 2.96.